The van der Waals surface area contributed by atoms with Crippen molar-refractivity contribution in [1.29, 1.82) is 5.26 Å². The molecular formula is C16H14FNO. The van der Waals surface area contributed by atoms with Gasteiger partial charge in [0.05, 0.1) is 5.56 Å². The van der Waals surface area contributed by atoms with Crippen molar-refractivity contribution < 1.29 is 9.13 Å². The summed E-state index contributed by atoms with van der Waals surface area (Å²) in [6.07, 6.45) is 0. The highest BCUT2D eigenvalue weighted by Crippen LogP contribution is 2.19. The molecule has 2 nitrogen and oxygen atoms in total. The molecule has 0 N–H and O–H groups in total. The molecular weight excluding hydrogens is 241 g/mol. The fourth-order valence-electron chi connectivity index (χ4n) is 1.74. The Kier molecular flexibility index (Phi) is 3.82. The average molecular weight is 255 g/mol. The van der Waals surface area contributed by atoms with Crippen LogP contribution in [-0.2, 0) is 6.61 Å². The van der Waals surface area contributed by atoms with Crippen molar-refractivity contribution >= 4 is 0 Å². The van der Waals surface area contributed by atoms with E-state index in [9.17, 15) is 4.39 Å². The van der Waals surface area contributed by atoms with Crippen molar-refractivity contribution in [2.75, 3.05) is 0 Å². The van der Waals surface area contributed by atoms with E-state index >= 15 is 0 Å². The number of nitriles is 1. The molecule has 0 aliphatic rings. The molecule has 0 bridgehead atoms. The average Bonchev–Trinajstić information content (AvgIpc) is 2.41. The Labute approximate surface area is 112 Å². The number of hydrogen-bond donors (Lipinski definition) is 0. The molecule has 0 heterocycles. The Balaban J connectivity index is 2.15. The van der Waals surface area contributed by atoms with Gasteiger partial charge in [0.2, 0.25) is 0 Å². The van der Waals surface area contributed by atoms with Crippen LogP contribution in [0.1, 0.15) is 22.3 Å². The van der Waals surface area contributed by atoms with Gasteiger partial charge in [-0.05, 0) is 43.2 Å². The zero-order chi connectivity index (χ0) is 13.8. The first-order valence-electron chi connectivity index (χ1n) is 5.99. The minimum absolute atomic E-state index is 0.0428. The normalized spacial score (nSPS) is 10.0. The second-order valence-electron chi connectivity index (χ2n) is 4.43. The molecule has 2 rings (SSSR count). The number of rotatable bonds is 3. The predicted octanol–water partition coefficient (Wildman–Crippen LogP) is 3.89. The Morgan fingerprint density at radius 3 is 2.63 bits per heavy atom. The predicted molar refractivity (Wildman–Crippen MR) is 71.4 cm³/mol. The molecule has 0 spiro atoms. The van der Waals surface area contributed by atoms with E-state index in [1.54, 1.807) is 12.1 Å². The first-order chi connectivity index (χ1) is 9.11. The molecule has 0 fully saturated rings. The zero-order valence-corrected chi connectivity index (χ0v) is 10.9. The van der Waals surface area contributed by atoms with Crippen LogP contribution in [0.15, 0.2) is 36.4 Å². The summed E-state index contributed by atoms with van der Waals surface area (Å²) in [5.41, 5.74) is 2.74. The number of halogens is 1. The van der Waals surface area contributed by atoms with Crippen LogP contribution in [-0.4, -0.2) is 0 Å². The van der Waals surface area contributed by atoms with Crippen LogP contribution >= 0.6 is 0 Å². The van der Waals surface area contributed by atoms with Gasteiger partial charge in [0.15, 0.2) is 0 Å². The molecule has 2 aromatic carbocycles. The number of nitrogens with zero attached hydrogens (tertiary/aromatic N) is 1. The second-order valence-corrected chi connectivity index (χ2v) is 4.43. The van der Waals surface area contributed by atoms with E-state index < -0.39 is 5.82 Å². The number of ether oxygens (including phenoxy) is 1. The maximum absolute atomic E-state index is 13.8. The molecule has 0 atom stereocenters. The number of benzene rings is 2. The Morgan fingerprint density at radius 2 is 1.95 bits per heavy atom. The molecule has 2 aromatic rings. The molecule has 0 aromatic heterocycles. The van der Waals surface area contributed by atoms with Crippen molar-refractivity contribution in [1.82, 2.24) is 0 Å². The second kappa shape index (κ2) is 5.53. The topological polar surface area (TPSA) is 33.0 Å². The highest BCUT2D eigenvalue weighted by atomic mass is 19.1. The summed E-state index contributed by atoms with van der Waals surface area (Å²) in [7, 11) is 0. The lowest BCUT2D eigenvalue weighted by Crippen LogP contribution is -2.00. The van der Waals surface area contributed by atoms with Crippen molar-refractivity contribution in [3.05, 3.63) is 64.5 Å². The molecule has 0 aliphatic carbocycles. The summed E-state index contributed by atoms with van der Waals surface area (Å²) < 4.78 is 19.4. The van der Waals surface area contributed by atoms with E-state index in [-0.39, 0.29) is 12.2 Å². The molecule has 0 radical (unpaired) electrons. The van der Waals surface area contributed by atoms with Crippen LogP contribution in [0.5, 0.6) is 5.75 Å². The van der Waals surface area contributed by atoms with Crippen LogP contribution in [0.3, 0.4) is 0 Å². The molecule has 19 heavy (non-hydrogen) atoms. The van der Waals surface area contributed by atoms with Crippen LogP contribution in [0.4, 0.5) is 4.39 Å². The van der Waals surface area contributed by atoms with Crippen molar-refractivity contribution in [2.45, 2.75) is 20.5 Å². The van der Waals surface area contributed by atoms with Gasteiger partial charge in [0.1, 0.15) is 24.2 Å². The summed E-state index contributed by atoms with van der Waals surface area (Å²) >= 11 is 0. The maximum atomic E-state index is 13.8. The highest BCUT2D eigenvalue weighted by molar-refractivity contribution is 5.36. The maximum Gasteiger partial charge on any atom is 0.147 e. The summed E-state index contributed by atoms with van der Waals surface area (Å²) in [4.78, 5) is 0. The minimum Gasteiger partial charge on any atom is -0.489 e. The van der Waals surface area contributed by atoms with Crippen LogP contribution in [0, 0.1) is 31.0 Å². The van der Waals surface area contributed by atoms with E-state index in [0.717, 1.165) is 5.56 Å². The molecule has 96 valence electrons. The molecule has 0 saturated carbocycles. The van der Waals surface area contributed by atoms with Gasteiger partial charge in [-0.2, -0.15) is 5.26 Å². The molecule has 0 aliphatic heterocycles. The Morgan fingerprint density at radius 1 is 1.16 bits per heavy atom. The van der Waals surface area contributed by atoms with Gasteiger partial charge >= 0.3 is 0 Å². The lowest BCUT2D eigenvalue weighted by Gasteiger charge is -2.09. The van der Waals surface area contributed by atoms with Gasteiger partial charge in [-0.15, -0.1) is 0 Å². The third-order valence-corrected chi connectivity index (χ3v) is 3.07. The van der Waals surface area contributed by atoms with E-state index in [1.165, 1.54) is 11.6 Å². The highest BCUT2D eigenvalue weighted by Gasteiger charge is 2.08. The van der Waals surface area contributed by atoms with Crippen molar-refractivity contribution in [2.24, 2.45) is 0 Å². The fraction of sp³-hybridized carbons (Fsp3) is 0.188. The van der Waals surface area contributed by atoms with Gasteiger partial charge in [0, 0.05) is 5.56 Å². The summed E-state index contributed by atoms with van der Waals surface area (Å²) in [5, 5.41) is 8.76. The third kappa shape index (κ3) is 2.92. The van der Waals surface area contributed by atoms with E-state index in [4.69, 9.17) is 10.00 Å². The number of hydrogen-bond acceptors (Lipinski definition) is 2. The van der Waals surface area contributed by atoms with E-state index in [2.05, 4.69) is 0 Å². The lowest BCUT2D eigenvalue weighted by atomic mass is 10.1. The van der Waals surface area contributed by atoms with E-state index in [1.807, 2.05) is 38.1 Å². The van der Waals surface area contributed by atoms with E-state index in [0.29, 0.717) is 11.3 Å². The quantitative estimate of drug-likeness (QED) is 0.833. The fourth-order valence-corrected chi connectivity index (χ4v) is 1.74. The van der Waals surface area contributed by atoms with Gasteiger partial charge in [-0.1, -0.05) is 18.2 Å². The molecule has 0 unspecified atom stereocenters. The monoisotopic (exact) mass is 255 g/mol. The zero-order valence-electron chi connectivity index (χ0n) is 10.9. The third-order valence-electron chi connectivity index (χ3n) is 3.07. The Hall–Kier alpha value is -2.34. The van der Waals surface area contributed by atoms with Gasteiger partial charge in [0.25, 0.3) is 0 Å². The molecule has 3 heteroatoms. The van der Waals surface area contributed by atoms with Crippen molar-refractivity contribution in [3.8, 4) is 11.8 Å². The molecule has 0 amide bonds. The molecule has 0 saturated heterocycles. The lowest BCUT2D eigenvalue weighted by molar-refractivity contribution is 0.299. The van der Waals surface area contributed by atoms with Crippen LogP contribution in [0.25, 0.3) is 0 Å². The Bertz CT molecular complexity index is 644. The van der Waals surface area contributed by atoms with Gasteiger partial charge in [-0.3, -0.25) is 0 Å². The largest absolute Gasteiger partial charge is 0.489 e. The van der Waals surface area contributed by atoms with Gasteiger partial charge < -0.3 is 4.74 Å². The minimum atomic E-state index is -0.506. The first kappa shape index (κ1) is 13.1. The van der Waals surface area contributed by atoms with Crippen molar-refractivity contribution in [3.63, 3.8) is 0 Å². The smallest absolute Gasteiger partial charge is 0.147 e. The first-order valence-corrected chi connectivity index (χ1v) is 5.99. The summed E-state index contributed by atoms with van der Waals surface area (Å²) in [5.74, 6) is 0.193. The number of aryl methyl sites for hydroxylation is 2. The van der Waals surface area contributed by atoms with Crippen LogP contribution in [0.2, 0.25) is 0 Å². The van der Waals surface area contributed by atoms with Gasteiger partial charge in [-0.25, -0.2) is 4.39 Å². The standard InChI is InChI=1S/C16H14FNO/c1-11-6-7-15(8-12(11)2)19-10-14-5-3-4-13(9-18)16(14)17/h3-8H,10H2,1-2H3. The van der Waals surface area contributed by atoms with Crippen LogP contribution < -0.4 is 4.74 Å². The SMILES string of the molecule is Cc1ccc(OCc2cccc(C#N)c2F)cc1C. The summed E-state index contributed by atoms with van der Waals surface area (Å²) in [6, 6.07) is 12.3. The summed E-state index contributed by atoms with van der Waals surface area (Å²) in [6.45, 7) is 4.14.